The highest BCUT2D eigenvalue weighted by molar-refractivity contribution is 9.09. The second kappa shape index (κ2) is 6.19. The highest BCUT2D eigenvalue weighted by Gasteiger charge is 2.09. The van der Waals surface area contributed by atoms with Crippen LogP contribution in [-0.2, 0) is 0 Å². The molecule has 0 spiro atoms. The van der Waals surface area contributed by atoms with E-state index in [-0.39, 0.29) is 11.7 Å². The first kappa shape index (κ1) is 13.4. The van der Waals surface area contributed by atoms with Gasteiger partial charge in [-0.2, -0.15) is 0 Å². The largest absolute Gasteiger partial charge is 0.327 e. The zero-order chi connectivity index (χ0) is 12.8. The lowest BCUT2D eigenvalue weighted by atomic mass is 10.3. The highest BCUT2D eigenvalue weighted by Crippen LogP contribution is 2.15. The smallest absolute Gasteiger partial charge is 0.321 e. The maximum Gasteiger partial charge on any atom is 0.321 e. The first-order valence-electron chi connectivity index (χ1n) is 4.87. The van der Waals surface area contributed by atoms with Crippen molar-refractivity contribution >= 4 is 33.3 Å². The Morgan fingerprint density at radius 2 is 2.06 bits per heavy atom. The molecule has 0 aliphatic rings. The van der Waals surface area contributed by atoms with Crippen molar-refractivity contribution in [2.75, 3.05) is 24.2 Å². The van der Waals surface area contributed by atoms with Crippen LogP contribution in [0, 0.1) is 10.1 Å². The number of urea groups is 1. The Balaban J connectivity index is 2.63. The predicted octanol–water partition coefficient (Wildman–Crippen LogP) is 2.45. The van der Waals surface area contributed by atoms with Crippen molar-refractivity contribution in [1.82, 2.24) is 4.90 Å². The molecular formula is C10H12BrN3O3. The molecule has 0 unspecified atom stereocenters. The standard InChI is InChI=1S/C10H12BrN3O3/c1-13(7-6-11)10(15)12-8-2-4-9(5-3-8)14(16)17/h2-5H,6-7H2,1H3,(H,12,15). The minimum absolute atomic E-state index is 0.00295. The van der Waals surface area contributed by atoms with Crippen LogP contribution in [0.15, 0.2) is 24.3 Å². The topological polar surface area (TPSA) is 75.5 Å². The van der Waals surface area contributed by atoms with E-state index in [1.807, 2.05) is 0 Å². The maximum absolute atomic E-state index is 11.6. The Morgan fingerprint density at radius 1 is 1.47 bits per heavy atom. The molecule has 1 rings (SSSR count). The van der Waals surface area contributed by atoms with Crippen LogP contribution in [-0.4, -0.2) is 34.8 Å². The molecule has 0 aromatic heterocycles. The minimum atomic E-state index is -0.484. The van der Waals surface area contributed by atoms with Gasteiger partial charge < -0.3 is 10.2 Å². The van der Waals surface area contributed by atoms with E-state index >= 15 is 0 Å². The summed E-state index contributed by atoms with van der Waals surface area (Å²) >= 11 is 3.23. The van der Waals surface area contributed by atoms with Gasteiger partial charge in [0.05, 0.1) is 4.92 Å². The molecule has 0 fully saturated rings. The molecule has 0 aliphatic carbocycles. The number of nitro benzene ring substituents is 1. The van der Waals surface area contributed by atoms with Crippen molar-refractivity contribution in [3.05, 3.63) is 34.4 Å². The summed E-state index contributed by atoms with van der Waals surface area (Å²) in [4.78, 5) is 23.0. The third kappa shape index (κ3) is 4.03. The van der Waals surface area contributed by atoms with Gasteiger partial charge in [-0.1, -0.05) is 15.9 Å². The molecule has 92 valence electrons. The summed E-state index contributed by atoms with van der Waals surface area (Å²) in [7, 11) is 1.67. The van der Waals surface area contributed by atoms with E-state index in [9.17, 15) is 14.9 Å². The Hall–Kier alpha value is -1.63. The van der Waals surface area contributed by atoms with Gasteiger partial charge in [-0.15, -0.1) is 0 Å². The van der Waals surface area contributed by atoms with E-state index < -0.39 is 4.92 Å². The number of nitrogens with one attached hydrogen (secondary N) is 1. The lowest BCUT2D eigenvalue weighted by Crippen LogP contribution is -2.32. The number of nitrogens with zero attached hydrogens (tertiary/aromatic N) is 2. The normalized spacial score (nSPS) is 9.76. The number of non-ortho nitro benzene ring substituents is 1. The summed E-state index contributed by atoms with van der Waals surface area (Å²) in [5.41, 5.74) is 0.527. The molecule has 1 aromatic rings. The first-order valence-corrected chi connectivity index (χ1v) is 5.99. The Labute approximate surface area is 107 Å². The molecule has 2 amide bonds. The number of carbonyl (C=O) groups is 1. The Morgan fingerprint density at radius 3 is 2.53 bits per heavy atom. The second-order valence-corrected chi connectivity index (χ2v) is 4.14. The van der Waals surface area contributed by atoms with E-state index in [1.54, 1.807) is 7.05 Å². The molecule has 7 heteroatoms. The van der Waals surface area contributed by atoms with Crippen molar-refractivity contribution in [3.8, 4) is 0 Å². The van der Waals surface area contributed by atoms with Crippen molar-refractivity contribution in [2.45, 2.75) is 0 Å². The fourth-order valence-corrected chi connectivity index (χ4v) is 1.65. The number of carbonyl (C=O) groups excluding carboxylic acids is 1. The molecular weight excluding hydrogens is 290 g/mol. The maximum atomic E-state index is 11.6. The molecule has 0 radical (unpaired) electrons. The lowest BCUT2D eigenvalue weighted by Gasteiger charge is -2.16. The van der Waals surface area contributed by atoms with E-state index in [0.717, 1.165) is 0 Å². The summed E-state index contributed by atoms with van der Waals surface area (Å²) in [6, 6.07) is 5.44. The SMILES string of the molecule is CN(CCBr)C(=O)Nc1ccc([N+](=O)[O-])cc1. The molecule has 0 saturated carbocycles. The van der Waals surface area contributed by atoms with Gasteiger partial charge in [0.1, 0.15) is 0 Å². The predicted molar refractivity (Wildman–Crippen MR) is 68.5 cm³/mol. The van der Waals surface area contributed by atoms with Crippen LogP contribution in [0.5, 0.6) is 0 Å². The molecule has 1 N–H and O–H groups in total. The molecule has 0 atom stereocenters. The zero-order valence-electron chi connectivity index (χ0n) is 9.22. The summed E-state index contributed by atoms with van der Waals surface area (Å²) in [5.74, 6) is 0. The number of hydrogen-bond donors (Lipinski definition) is 1. The van der Waals surface area contributed by atoms with Crippen LogP contribution in [0.1, 0.15) is 0 Å². The van der Waals surface area contributed by atoms with Crippen LogP contribution in [0.3, 0.4) is 0 Å². The van der Waals surface area contributed by atoms with Crippen LogP contribution >= 0.6 is 15.9 Å². The quantitative estimate of drug-likeness (QED) is 0.527. The lowest BCUT2D eigenvalue weighted by molar-refractivity contribution is -0.384. The average Bonchev–Trinajstić information content (AvgIpc) is 2.30. The summed E-state index contributed by atoms with van der Waals surface area (Å²) in [6.07, 6.45) is 0. The van der Waals surface area contributed by atoms with Gasteiger partial charge in [-0.05, 0) is 12.1 Å². The second-order valence-electron chi connectivity index (χ2n) is 3.34. The van der Waals surface area contributed by atoms with Crippen molar-refractivity contribution < 1.29 is 9.72 Å². The number of nitro groups is 1. The van der Waals surface area contributed by atoms with Gasteiger partial charge in [-0.3, -0.25) is 10.1 Å². The van der Waals surface area contributed by atoms with E-state index in [0.29, 0.717) is 17.6 Å². The van der Waals surface area contributed by atoms with Crippen LogP contribution in [0.4, 0.5) is 16.2 Å². The first-order chi connectivity index (χ1) is 8.04. The number of benzene rings is 1. The summed E-state index contributed by atoms with van der Waals surface area (Å²) < 4.78 is 0. The third-order valence-electron chi connectivity index (χ3n) is 2.10. The Bertz CT molecular complexity index is 408. The fourth-order valence-electron chi connectivity index (χ4n) is 1.11. The van der Waals surface area contributed by atoms with Gasteiger partial charge in [-0.25, -0.2) is 4.79 Å². The van der Waals surface area contributed by atoms with Gasteiger partial charge >= 0.3 is 6.03 Å². The number of halogens is 1. The van der Waals surface area contributed by atoms with Gasteiger partial charge in [0, 0.05) is 36.7 Å². The monoisotopic (exact) mass is 301 g/mol. The number of rotatable bonds is 4. The number of anilines is 1. The van der Waals surface area contributed by atoms with Gasteiger partial charge in [0.25, 0.3) is 5.69 Å². The summed E-state index contributed by atoms with van der Waals surface area (Å²) in [6.45, 7) is 0.582. The average molecular weight is 302 g/mol. The summed E-state index contributed by atoms with van der Waals surface area (Å²) in [5, 5.41) is 13.8. The fraction of sp³-hybridized carbons (Fsp3) is 0.300. The molecule has 17 heavy (non-hydrogen) atoms. The van der Waals surface area contributed by atoms with E-state index in [2.05, 4.69) is 21.2 Å². The van der Waals surface area contributed by atoms with Gasteiger partial charge in [0.2, 0.25) is 0 Å². The van der Waals surface area contributed by atoms with Crippen molar-refractivity contribution in [3.63, 3.8) is 0 Å². The van der Waals surface area contributed by atoms with Crippen molar-refractivity contribution in [1.29, 1.82) is 0 Å². The Kier molecular flexibility index (Phi) is 4.89. The van der Waals surface area contributed by atoms with E-state index in [4.69, 9.17) is 0 Å². The van der Waals surface area contributed by atoms with Crippen LogP contribution in [0.2, 0.25) is 0 Å². The number of alkyl halides is 1. The minimum Gasteiger partial charge on any atom is -0.327 e. The van der Waals surface area contributed by atoms with E-state index in [1.165, 1.54) is 29.2 Å². The van der Waals surface area contributed by atoms with Crippen molar-refractivity contribution in [2.24, 2.45) is 0 Å². The third-order valence-corrected chi connectivity index (χ3v) is 2.45. The molecule has 0 heterocycles. The number of hydrogen-bond acceptors (Lipinski definition) is 3. The van der Waals surface area contributed by atoms with Crippen LogP contribution in [0.25, 0.3) is 0 Å². The molecule has 6 nitrogen and oxygen atoms in total. The molecule has 1 aromatic carbocycles. The number of amides is 2. The molecule has 0 saturated heterocycles. The molecule has 0 bridgehead atoms. The zero-order valence-corrected chi connectivity index (χ0v) is 10.8. The molecule has 0 aliphatic heterocycles. The van der Waals surface area contributed by atoms with Gasteiger partial charge in [0.15, 0.2) is 0 Å². The highest BCUT2D eigenvalue weighted by atomic mass is 79.9. The van der Waals surface area contributed by atoms with Crippen LogP contribution < -0.4 is 5.32 Å².